The fourth-order valence-electron chi connectivity index (χ4n) is 2.15. The number of rotatable bonds is 6. The largest absolute Gasteiger partial charge is 0.494 e. The van der Waals surface area contributed by atoms with Crippen molar-refractivity contribution in [2.24, 2.45) is 5.41 Å². The van der Waals surface area contributed by atoms with Gasteiger partial charge in [0.1, 0.15) is 5.75 Å². The molecule has 1 heterocycles. The normalized spacial score (nSPS) is 18.1. The number of hydrogen-bond acceptors (Lipinski definition) is 3. The molecule has 110 valence electrons. The summed E-state index contributed by atoms with van der Waals surface area (Å²) in [5, 5.41) is 0. The summed E-state index contributed by atoms with van der Waals surface area (Å²) < 4.78 is 17.2. The number of benzene rings is 1. The van der Waals surface area contributed by atoms with Crippen molar-refractivity contribution in [2.75, 3.05) is 19.8 Å². The first kappa shape index (κ1) is 15.4. The lowest BCUT2D eigenvalue weighted by atomic mass is 9.76. The number of hydrogen-bond donors (Lipinski definition) is 0. The molecule has 1 saturated heterocycles. The molecule has 0 N–H and O–H groups in total. The fourth-order valence-corrected chi connectivity index (χ4v) is 2.15. The van der Waals surface area contributed by atoms with Crippen LogP contribution in [0.5, 0.6) is 5.75 Å². The molecule has 20 heavy (non-hydrogen) atoms. The average Bonchev–Trinajstić information content (AvgIpc) is 2.45. The molecule has 1 aliphatic rings. The van der Waals surface area contributed by atoms with Crippen molar-refractivity contribution in [3.05, 3.63) is 24.3 Å². The summed E-state index contributed by atoms with van der Waals surface area (Å²) in [6.45, 7) is 8.74. The van der Waals surface area contributed by atoms with Gasteiger partial charge in [0.25, 0.3) is 0 Å². The van der Waals surface area contributed by atoms with E-state index in [-0.39, 0.29) is 12.5 Å². The number of ether oxygens (including phenoxy) is 1. The predicted octanol–water partition coefficient (Wildman–Crippen LogP) is 3.02. The summed E-state index contributed by atoms with van der Waals surface area (Å²) >= 11 is 0. The van der Waals surface area contributed by atoms with E-state index in [0.717, 1.165) is 37.5 Å². The predicted molar refractivity (Wildman–Crippen MR) is 82.5 cm³/mol. The molecule has 0 amide bonds. The number of unbranched alkanes of at least 4 members (excludes halogenated alkanes) is 2. The first-order valence-corrected chi connectivity index (χ1v) is 7.57. The molecule has 0 bridgehead atoms. The van der Waals surface area contributed by atoms with Crippen LogP contribution in [0.2, 0.25) is 0 Å². The van der Waals surface area contributed by atoms with Crippen molar-refractivity contribution in [2.45, 2.75) is 40.0 Å². The molecule has 1 aromatic carbocycles. The van der Waals surface area contributed by atoms with Gasteiger partial charge in [-0.3, -0.25) is 0 Å². The topological polar surface area (TPSA) is 27.7 Å². The van der Waals surface area contributed by atoms with Gasteiger partial charge in [-0.1, -0.05) is 45.7 Å². The second kappa shape index (κ2) is 7.14. The van der Waals surface area contributed by atoms with Gasteiger partial charge >= 0.3 is 7.12 Å². The van der Waals surface area contributed by atoms with Gasteiger partial charge < -0.3 is 14.0 Å². The molecular weight excluding hydrogens is 251 g/mol. The van der Waals surface area contributed by atoms with E-state index in [1.807, 2.05) is 24.3 Å². The summed E-state index contributed by atoms with van der Waals surface area (Å²) in [6, 6.07) is 8.04. The third-order valence-electron chi connectivity index (χ3n) is 3.42. The SMILES string of the molecule is CCCCCOc1ccc(B2OCC(C)(C)CO2)cc1. The van der Waals surface area contributed by atoms with E-state index in [2.05, 4.69) is 20.8 Å². The van der Waals surface area contributed by atoms with E-state index in [0.29, 0.717) is 0 Å². The van der Waals surface area contributed by atoms with Gasteiger partial charge in [0, 0.05) is 18.6 Å². The van der Waals surface area contributed by atoms with Crippen LogP contribution >= 0.6 is 0 Å². The lowest BCUT2D eigenvalue weighted by Crippen LogP contribution is -2.47. The molecule has 0 atom stereocenters. The second-order valence-electron chi connectivity index (χ2n) is 6.24. The van der Waals surface area contributed by atoms with Gasteiger partial charge in [-0.15, -0.1) is 0 Å². The van der Waals surface area contributed by atoms with Crippen LogP contribution in [-0.2, 0) is 9.31 Å². The maximum absolute atomic E-state index is 5.77. The molecule has 1 fully saturated rings. The molecule has 1 aliphatic heterocycles. The summed E-state index contributed by atoms with van der Waals surface area (Å²) in [4.78, 5) is 0. The van der Waals surface area contributed by atoms with Crippen molar-refractivity contribution in [1.29, 1.82) is 0 Å². The van der Waals surface area contributed by atoms with E-state index in [4.69, 9.17) is 14.0 Å². The Kier molecular flexibility index (Phi) is 5.50. The van der Waals surface area contributed by atoms with Gasteiger partial charge in [0.15, 0.2) is 0 Å². The lowest BCUT2D eigenvalue weighted by molar-refractivity contribution is 0.0343. The van der Waals surface area contributed by atoms with Crippen LogP contribution in [0.25, 0.3) is 0 Å². The Balaban J connectivity index is 1.82. The Hall–Kier alpha value is -0.995. The molecule has 2 rings (SSSR count). The Morgan fingerprint density at radius 2 is 1.75 bits per heavy atom. The Labute approximate surface area is 122 Å². The highest BCUT2D eigenvalue weighted by atomic mass is 16.6. The molecule has 0 unspecified atom stereocenters. The van der Waals surface area contributed by atoms with E-state index < -0.39 is 0 Å². The average molecular weight is 276 g/mol. The first-order chi connectivity index (χ1) is 9.61. The maximum Gasteiger partial charge on any atom is 0.493 e. The third-order valence-corrected chi connectivity index (χ3v) is 3.42. The minimum absolute atomic E-state index is 0.110. The molecule has 0 aromatic heterocycles. The smallest absolute Gasteiger partial charge is 0.493 e. The van der Waals surface area contributed by atoms with Crippen molar-refractivity contribution in [3.63, 3.8) is 0 Å². The Morgan fingerprint density at radius 1 is 1.10 bits per heavy atom. The summed E-state index contributed by atoms with van der Waals surface area (Å²) in [5.41, 5.74) is 1.17. The highest BCUT2D eigenvalue weighted by molar-refractivity contribution is 6.61. The van der Waals surface area contributed by atoms with Crippen LogP contribution in [0.1, 0.15) is 40.0 Å². The van der Waals surface area contributed by atoms with Crippen molar-refractivity contribution < 1.29 is 14.0 Å². The molecule has 1 aromatic rings. The Bertz CT molecular complexity index is 393. The summed E-state index contributed by atoms with van der Waals surface area (Å²) in [5.74, 6) is 0.918. The van der Waals surface area contributed by atoms with E-state index in [9.17, 15) is 0 Å². The molecule has 4 heteroatoms. The molecular formula is C16H25BO3. The molecule has 0 radical (unpaired) electrons. The van der Waals surface area contributed by atoms with Crippen LogP contribution in [0.15, 0.2) is 24.3 Å². The van der Waals surface area contributed by atoms with Crippen LogP contribution < -0.4 is 10.2 Å². The molecule has 0 aliphatic carbocycles. The first-order valence-electron chi connectivity index (χ1n) is 7.57. The van der Waals surface area contributed by atoms with Crippen LogP contribution in [0.4, 0.5) is 0 Å². The van der Waals surface area contributed by atoms with Gasteiger partial charge in [-0.05, 0) is 24.0 Å². The molecule has 0 spiro atoms. The monoisotopic (exact) mass is 276 g/mol. The van der Waals surface area contributed by atoms with Gasteiger partial charge in [0.2, 0.25) is 0 Å². The van der Waals surface area contributed by atoms with Gasteiger partial charge in [0.05, 0.1) is 6.61 Å². The van der Waals surface area contributed by atoms with Gasteiger partial charge in [-0.25, -0.2) is 0 Å². The fraction of sp³-hybridized carbons (Fsp3) is 0.625. The van der Waals surface area contributed by atoms with E-state index >= 15 is 0 Å². The quantitative estimate of drug-likeness (QED) is 0.590. The standard InChI is InChI=1S/C16H25BO3/c1-4-5-6-11-18-15-9-7-14(8-10-15)17-19-12-16(2,3)13-20-17/h7-10H,4-6,11-13H2,1-3H3. The molecule has 0 saturated carbocycles. The van der Waals surface area contributed by atoms with Crippen molar-refractivity contribution in [3.8, 4) is 5.75 Å². The van der Waals surface area contributed by atoms with Crippen LogP contribution in [0.3, 0.4) is 0 Å². The van der Waals surface area contributed by atoms with E-state index in [1.54, 1.807) is 0 Å². The highest BCUT2D eigenvalue weighted by Crippen LogP contribution is 2.21. The minimum Gasteiger partial charge on any atom is -0.494 e. The minimum atomic E-state index is -0.239. The summed E-state index contributed by atoms with van der Waals surface area (Å²) in [7, 11) is -0.239. The van der Waals surface area contributed by atoms with Crippen LogP contribution in [0, 0.1) is 5.41 Å². The second-order valence-corrected chi connectivity index (χ2v) is 6.24. The summed E-state index contributed by atoms with van der Waals surface area (Å²) in [6.07, 6.45) is 3.55. The lowest BCUT2D eigenvalue weighted by Gasteiger charge is -2.33. The maximum atomic E-state index is 5.77. The Morgan fingerprint density at radius 3 is 2.35 bits per heavy atom. The zero-order chi connectivity index (χ0) is 14.4. The highest BCUT2D eigenvalue weighted by Gasteiger charge is 2.33. The van der Waals surface area contributed by atoms with E-state index in [1.165, 1.54) is 12.8 Å². The van der Waals surface area contributed by atoms with Crippen molar-refractivity contribution in [1.82, 2.24) is 0 Å². The van der Waals surface area contributed by atoms with Gasteiger partial charge in [-0.2, -0.15) is 0 Å². The zero-order valence-corrected chi connectivity index (χ0v) is 12.9. The molecule has 3 nitrogen and oxygen atoms in total. The van der Waals surface area contributed by atoms with Crippen molar-refractivity contribution >= 4 is 12.6 Å². The third kappa shape index (κ3) is 4.53. The zero-order valence-electron chi connectivity index (χ0n) is 12.9. The van der Waals surface area contributed by atoms with Crippen LogP contribution in [-0.4, -0.2) is 26.9 Å².